The molecule has 14 nitrogen and oxygen atoms in total. The molecule has 1 aliphatic heterocycles. The highest BCUT2D eigenvalue weighted by molar-refractivity contribution is 5.94. The number of aryl methyl sites for hydroxylation is 1. The van der Waals surface area contributed by atoms with Gasteiger partial charge in [-0.1, -0.05) is 86.2 Å². The number of carbonyl (C=O) groups is 4. The highest BCUT2D eigenvalue weighted by Crippen LogP contribution is 2.23. The quantitative estimate of drug-likeness (QED) is 0.0694. The van der Waals surface area contributed by atoms with E-state index in [9.17, 15) is 34.5 Å². The zero-order valence-corrected chi connectivity index (χ0v) is 32.2. The Bertz CT molecular complexity index is 1530. The van der Waals surface area contributed by atoms with Gasteiger partial charge in [0.2, 0.25) is 29.4 Å². The molecule has 0 saturated carbocycles. The molecule has 9 N–H and O–H groups in total. The molecule has 0 radical (unpaired) electrons. The van der Waals surface area contributed by atoms with Crippen LogP contribution in [0.2, 0.25) is 0 Å². The number of hydrogen-bond acceptors (Lipinski definition) is 10. The predicted octanol–water partition coefficient (Wildman–Crippen LogP) is 0.536. The van der Waals surface area contributed by atoms with Crippen molar-refractivity contribution in [3.8, 4) is 0 Å². The monoisotopic (exact) mass is 752 g/mol. The van der Waals surface area contributed by atoms with Crippen molar-refractivity contribution in [2.45, 2.75) is 95.8 Å². The molecule has 2 aromatic carbocycles. The number of nitrogens with zero attached hydrogens (tertiary/aromatic N) is 1. The first-order valence-electron chi connectivity index (χ1n) is 18.6. The Morgan fingerprint density at radius 2 is 1.37 bits per heavy atom. The number of amides is 4. The maximum Gasteiger partial charge on any atom is 0.243 e. The molecule has 54 heavy (non-hydrogen) atoms. The molecule has 0 bridgehead atoms. The molecular weight excluding hydrogens is 692 g/mol. The smallest absolute Gasteiger partial charge is 0.243 e. The number of aliphatic hydroxyl groups is 3. The molecule has 0 spiro atoms. The maximum absolute atomic E-state index is 14.1. The fourth-order valence-corrected chi connectivity index (χ4v) is 6.05. The summed E-state index contributed by atoms with van der Waals surface area (Å²) in [5.41, 5.74) is 6.43. The number of ether oxygens (including phenoxy) is 1. The van der Waals surface area contributed by atoms with E-state index in [0.29, 0.717) is 43.9 Å². The van der Waals surface area contributed by atoms with E-state index in [0.717, 1.165) is 5.56 Å². The van der Waals surface area contributed by atoms with Crippen LogP contribution in [-0.4, -0.2) is 119 Å². The van der Waals surface area contributed by atoms with E-state index < -0.39 is 59.8 Å². The van der Waals surface area contributed by atoms with E-state index >= 15 is 0 Å². The average Bonchev–Trinajstić information content (AvgIpc) is 3.13. The number of benzene rings is 2. The molecule has 1 fully saturated rings. The summed E-state index contributed by atoms with van der Waals surface area (Å²) in [6.07, 6.45) is 2.44. The molecule has 298 valence electrons. The van der Waals surface area contributed by atoms with Crippen molar-refractivity contribution < 1.29 is 39.2 Å². The maximum atomic E-state index is 14.1. The lowest BCUT2D eigenvalue weighted by atomic mass is 9.86. The number of allylic oxidation sites excluding steroid dienone is 1. The van der Waals surface area contributed by atoms with Crippen molar-refractivity contribution in [2.75, 3.05) is 39.5 Å². The third kappa shape index (κ3) is 13.9. The second kappa shape index (κ2) is 21.1. The highest BCUT2D eigenvalue weighted by Gasteiger charge is 2.49. The zero-order valence-electron chi connectivity index (χ0n) is 32.2. The predicted molar refractivity (Wildman–Crippen MR) is 206 cm³/mol. The van der Waals surface area contributed by atoms with Crippen molar-refractivity contribution in [2.24, 2.45) is 11.7 Å². The van der Waals surface area contributed by atoms with Crippen LogP contribution in [0.4, 0.5) is 0 Å². The van der Waals surface area contributed by atoms with Crippen LogP contribution in [0.3, 0.4) is 0 Å². The number of nitrogens with one attached hydrogen (secondary N) is 4. The van der Waals surface area contributed by atoms with Gasteiger partial charge in [-0.25, -0.2) is 0 Å². The fourth-order valence-electron chi connectivity index (χ4n) is 6.05. The minimum atomic E-state index is -2.79. The molecule has 1 aliphatic rings. The standard InChI is InChI=1S/C40H60N6O8/c1-27(2)22-32(43-36(49)31(17-16-29-12-8-6-9-13-29)42-35(48)25-46-18-20-54-21-19-46)37(50)44-33(24-30-14-10-7-11-15-30)38(51)45-34(23-28(3)4)40(52,53)39(5,41)26-47/h6-15,23,27,31-34,47,52-53H,16-22,24-26,41H2,1-5H3,(H,42,48)(H,43,49)(H,44,50)(H,45,51)/t31-,32-,33-,34-,39-/m0/s1. The van der Waals surface area contributed by atoms with Crippen molar-refractivity contribution >= 4 is 23.6 Å². The van der Waals surface area contributed by atoms with Crippen LogP contribution in [0.1, 0.15) is 58.6 Å². The van der Waals surface area contributed by atoms with Crippen molar-refractivity contribution in [3.05, 3.63) is 83.4 Å². The topological polar surface area (TPSA) is 216 Å². The summed E-state index contributed by atoms with van der Waals surface area (Å²) in [7, 11) is 0. The van der Waals surface area contributed by atoms with Crippen molar-refractivity contribution in [1.82, 2.24) is 26.2 Å². The summed E-state index contributed by atoms with van der Waals surface area (Å²) in [4.78, 5) is 57.2. The van der Waals surface area contributed by atoms with Gasteiger partial charge in [-0.15, -0.1) is 0 Å². The summed E-state index contributed by atoms with van der Waals surface area (Å²) in [5, 5.41) is 43.2. The Hall–Kier alpha value is -4.18. The zero-order chi connectivity index (χ0) is 39.9. The number of aliphatic hydroxyl groups excluding tert-OH is 1. The number of morpholine rings is 1. The second-order valence-corrected chi connectivity index (χ2v) is 15.0. The van der Waals surface area contributed by atoms with Crippen LogP contribution in [-0.2, 0) is 36.8 Å². The van der Waals surface area contributed by atoms with Gasteiger partial charge in [-0.2, -0.15) is 0 Å². The minimum absolute atomic E-state index is 0.0311. The molecule has 5 atom stereocenters. The Labute approximate surface area is 318 Å². The number of nitrogens with two attached hydrogens (primary N) is 1. The van der Waals surface area contributed by atoms with Crippen molar-refractivity contribution in [1.29, 1.82) is 0 Å². The molecule has 0 aromatic heterocycles. The molecule has 1 saturated heterocycles. The molecule has 2 aromatic rings. The number of carbonyl (C=O) groups excluding carboxylic acids is 4. The first-order chi connectivity index (χ1) is 25.5. The van der Waals surface area contributed by atoms with Gasteiger partial charge in [0.1, 0.15) is 24.2 Å². The van der Waals surface area contributed by atoms with Gasteiger partial charge in [0.05, 0.1) is 31.9 Å². The average molecular weight is 753 g/mol. The number of hydrogen-bond donors (Lipinski definition) is 8. The van der Waals surface area contributed by atoms with E-state index in [4.69, 9.17) is 10.5 Å². The summed E-state index contributed by atoms with van der Waals surface area (Å²) < 4.78 is 5.39. The van der Waals surface area contributed by atoms with Gasteiger partial charge in [-0.05, 0) is 57.1 Å². The summed E-state index contributed by atoms with van der Waals surface area (Å²) >= 11 is 0. The second-order valence-electron chi connectivity index (χ2n) is 15.0. The lowest BCUT2D eigenvalue weighted by molar-refractivity contribution is -0.224. The highest BCUT2D eigenvalue weighted by atomic mass is 16.5. The normalized spacial score (nSPS) is 16.9. The first kappa shape index (κ1) is 44.2. The van der Waals surface area contributed by atoms with E-state index in [1.54, 1.807) is 38.1 Å². The molecule has 0 unspecified atom stereocenters. The van der Waals surface area contributed by atoms with Gasteiger partial charge in [0.15, 0.2) is 0 Å². The Morgan fingerprint density at radius 1 is 0.833 bits per heavy atom. The summed E-state index contributed by atoms with van der Waals surface area (Å²) in [6.45, 7) is 9.97. The van der Waals surface area contributed by atoms with Gasteiger partial charge >= 0.3 is 0 Å². The lowest BCUT2D eigenvalue weighted by Crippen LogP contribution is -2.70. The third-order valence-corrected chi connectivity index (χ3v) is 9.34. The fraction of sp³-hybridized carbons (Fsp3) is 0.550. The van der Waals surface area contributed by atoms with Gasteiger partial charge in [-0.3, -0.25) is 24.1 Å². The van der Waals surface area contributed by atoms with E-state index in [1.807, 2.05) is 55.1 Å². The first-order valence-corrected chi connectivity index (χ1v) is 18.6. The van der Waals surface area contributed by atoms with E-state index in [1.165, 1.54) is 13.0 Å². The Kier molecular flexibility index (Phi) is 17.2. The van der Waals surface area contributed by atoms with Crippen LogP contribution in [0.5, 0.6) is 0 Å². The molecule has 4 amide bonds. The molecule has 14 heteroatoms. The van der Waals surface area contributed by atoms with Crippen LogP contribution in [0.15, 0.2) is 72.3 Å². The molecule has 1 heterocycles. The Morgan fingerprint density at radius 3 is 1.93 bits per heavy atom. The van der Waals surface area contributed by atoms with Crippen LogP contribution in [0.25, 0.3) is 0 Å². The summed E-state index contributed by atoms with van der Waals surface area (Å²) in [6, 6.07) is 13.8. The lowest BCUT2D eigenvalue weighted by Gasteiger charge is -2.41. The van der Waals surface area contributed by atoms with Crippen LogP contribution in [0, 0.1) is 5.92 Å². The van der Waals surface area contributed by atoms with Crippen molar-refractivity contribution in [3.63, 3.8) is 0 Å². The largest absolute Gasteiger partial charge is 0.394 e. The van der Waals surface area contributed by atoms with Gasteiger partial charge in [0.25, 0.3) is 0 Å². The van der Waals surface area contributed by atoms with E-state index in [2.05, 4.69) is 21.3 Å². The van der Waals surface area contributed by atoms with Gasteiger partial charge in [0, 0.05) is 19.5 Å². The minimum Gasteiger partial charge on any atom is -0.394 e. The van der Waals surface area contributed by atoms with Crippen LogP contribution >= 0.6 is 0 Å². The molecule has 3 rings (SSSR count). The summed E-state index contributed by atoms with van der Waals surface area (Å²) in [5.74, 6) is -5.07. The van der Waals surface area contributed by atoms with E-state index in [-0.39, 0.29) is 37.6 Å². The third-order valence-electron chi connectivity index (χ3n) is 9.34. The van der Waals surface area contributed by atoms with Gasteiger partial charge < -0.3 is 47.1 Å². The SMILES string of the molecule is CC(C)=C[C@H](NC(=O)[C@H](Cc1ccccc1)NC(=O)[C@H](CC(C)C)NC(=O)[C@H](CCc1ccccc1)NC(=O)CN1CCOCC1)C(O)(O)[C@@](C)(N)CO. The Balaban J connectivity index is 1.87. The van der Waals surface area contributed by atoms with Crippen LogP contribution < -0.4 is 27.0 Å². The number of rotatable bonds is 20. The molecular formula is C40H60N6O8. The molecule has 0 aliphatic carbocycles.